The van der Waals surface area contributed by atoms with Crippen molar-refractivity contribution in [3.05, 3.63) is 21.3 Å². The fourth-order valence-electron chi connectivity index (χ4n) is 3.80. The van der Waals surface area contributed by atoms with Gasteiger partial charge in [-0.25, -0.2) is 0 Å². The van der Waals surface area contributed by atoms with Crippen molar-refractivity contribution in [2.75, 3.05) is 13.6 Å². The van der Waals surface area contributed by atoms with Crippen molar-refractivity contribution in [3.8, 4) is 0 Å². The number of piperidine rings is 2. The highest BCUT2D eigenvalue weighted by atomic mass is 35.5. The molecule has 0 aliphatic carbocycles. The lowest BCUT2D eigenvalue weighted by atomic mass is 9.81. The van der Waals surface area contributed by atoms with E-state index in [-0.39, 0.29) is 0 Å². The van der Waals surface area contributed by atoms with Crippen LogP contribution in [0.5, 0.6) is 0 Å². The van der Waals surface area contributed by atoms with E-state index in [9.17, 15) is 0 Å². The second-order valence-corrected chi connectivity index (χ2v) is 7.69. The van der Waals surface area contributed by atoms with Gasteiger partial charge >= 0.3 is 0 Å². The van der Waals surface area contributed by atoms with Crippen molar-refractivity contribution in [2.45, 2.75) is 56.7 Å². The van der Waals surface area contributed by atoms with Crippen molar-refractivity contribution in [3.63, 3.8) is 0 Å². The van der Waals surface area contributed by atoms with Gasteiger partial charge in [0.2, 0.25) is 0 Å². The largest absolute Gasteiger partial charge is 0.317 e. The van der Waals surface area contributed by atoms with E-state index in [4.69, 9.17) is 11.6 Å². The Labute approximate surface area is 125 Å². The van der Waals surface area contributed by atoms with Gasteiger partial charge in [-0.2, -0.15) is 0 Å². The lowest BCUT2D eigenvalue weighted by Crippen LogP contribution is -2.56. The zero-order valence-corrected chi connectivity index (χ0v) is 13.1. The van der Waals surface area contributed by atoms with Crippen LogP contribution in [0.3, 0.4) is 0 Å². The van der Waals surface area contributed by atoms with Gasteiger partial charge in [0.05, 0.1) is 4.34 Å². The van der Waals surface area contributed by atoms with Gasteiger partial charge in [0.25, 0.3) is 0 Å². The highest BCUT2D eigenvalue weighted by molar-refractivity contribution is 7.16. The zero-order valence-electron chi connectivity index (χ0n) is 11.6. The molecule has 1 aromatic heterocycles. The Morgan fingerprint density at radius 2 is 2.05 bits per heavy atom. The highest BCUT2D eigenvalue weighted by Crippen LogP contribution is 2.34. The maximum Gasteiger partial charge on any atom is 0.0931 e. The normalized spacial score (nSPS) is 31.6. The molecule has 1 N–H and O–H groups in total. The van der Waals surface area contributed by atoms with E-state index in [0.29, 0.717) is 0 Å². The van der Waals surface area contributed by atoms with E-state index < -0.39 is 0 Å². The molecule has 0 spiro atoms. The molecule has 2 aliphatic rings. The van der Waals surface area contributed by atoms with Crippen LogP contribution in [-0.2, 0) is 6.42 Å². The van der Waals surface area contributed by atoms with Crippen molar-refractivity contribution in [1.29, 1.82) is 0 Å². The zero-order chi connectivity index (χ0) is 13.2. The van der Waals surface area contributed by atoms with E-state index >= 15 is 0 Å². The number of nitrogens with zero attached hydrogens (tertiary/aromatic N) is 1. The minimum Gasteiger partial charge on any atom is -0.317 e. The number of hydrogen-bond donors (Lipinski definition) is 1. The number of thiophene rings is 1. The third kappa shape index (κ3) is 3.15. The van der Waals surface area contributed by atoms with Gasteiger partial charge in [-0.15, -0.1) is 11.3 Å². The van der Waals surface area contributed by atoms with Gasteiger partial charge < -0.3 is 5.32 Å². The van der Waals surface area contributed by atoms with Gasteiger partial charge in [0, 0.05) is 29.5 Å². The van der Waals surface area contributed by atoms with E-state index in [1.54, 1.807) is 11.3 Å². The monoisotopic (exact) mass is 298 g/mol. The number of nitrogens with one attached hydrogen (secondary N) is 1. The van der Waals surface area contributed by atoms with Crippen LogP contribution in [-0.4, -0.2) is 36.6 Å². The molecule has 1 aromatic rings. The summed E-state index contributed by atoms with van der Waals surface area (Å²) in [4.78, 5) is 4.21. The Balaban J connectivity index is 1.61. The van der Waals surface area contributed by atoms with Crippen LogP contribution >= 0.6 is 22.9 Å². The smallest absolute Gasteiger partial charge is 0.0931 e. The molecule has 0 saturated carbocycles. The summed E-state index contributed by atoms with van der Waals surface area (Å²) in [6.45, 7) is 1.21. The van der Waals surface area contributed by atoms with E-state index in [0.717, 1.165) is 28.9 Å². The fourth-order valence-corrected chi connectivity index (χ4v) is 4.88. The average molecular weight is 299 g/mol. The Morgan fingerprint density at radius 1 is 1.32 bits per heavy atom. The summed E-state index contributed by atoms with van der Waals surface area (Å²) >= 11 is 7.75. The maximum atomic E-state index is 6.01. The van der Waals surface area contributed by atoms with Crippen LogP contribution in [0, 0.1) is 0 Å². The third-order valence-corrected chi connectivity index (χ3v) is 6.07. The maximum absolute atomic E-state index is 6.01. The van der Waals surface area contributed by atoms with Gasteiger partial charge in [-0.05, 0) is 51.3 Å². The van der Waals surface area contributed by atoms with Gasteiger partial charge in [-0.1, -0.05) is 18.0 Å². The molecule has 4 heteroatoms. The predicted octanol–water partition coefficient (Wildman–Crippen LogP) is 3.55. The second-order valence-electron chi connectivity index (χ2n) is 5.89. The SMILES string of the molecule is CNC1CC2CCCC(C1)N2CCc1ccc(Cl)s1. The Morgan fingerprint density at radius 3 is 2.63 bits per heavy atom. The summed E-state index contributed by atoms with van der Waals surface area (Å²) < 4.78 is 0.920. The van der Waals surface area contributed by atoms with Crippen LogP contribution in [0.2, 0.25) is 4.34 Å². The van der Waals surface area contributed by atoms with Crippen LogP contribution in [0.4, 0.5) is 0 Å². The molecule has 106 valence electrons. The average Bonchev–Trinajstić information content (AvgIpc) is 2.81. The molecule has 3 rings (SSSR count). The molecule has 0 radical (unpaired) electrons. The summed E-state index contributed by atoms with van der Waals surface area (Å²) in [5.74, 6) is 0. The van der Waals surface area contributed by atoms with Gasteiger partial charge in [0.1, 0.15) is 0 Å². The number of rotatable bonds is 4. The number of halogens is 1. The summed E-state index contributed by atoms with van der Waals surface area (Å²) in [7, 11) is 2.11. The first kappa shape index (κ1) is 13.9. The minimum atomic E-state index is 0.739. The number of hydrogen-bond acceptors (Lipinski definition) is 3. The first-order chi connectivity index (χ1) is 9.26. The first-order valence-electron chi connectivity index (χ1n) is 7.43. The van der Waals surface area contributed by atoms with Crippen LogP contribution in [0.1, 0.15) is 37.0 Å². The minimum absolute atomic E-state index is 0.739. The molecule has 2 bridgehead atoms. The molecule has 2 nitrogen and oxygen atoms in total. The molecule has 0 amide bonds. The quantitative estimate of drug-likeness (QED) is 0.914. The van der Waals surface area contributed by atoms with Crippen molar-refractivity contribution in [2.24, 2.45) is 0 Å². The molecule has 19 heavy (non-hydrogen) atoms. The highest BCUT2D eigenvalue weighted by Gasteiger charge is 2.37. The van der Waals surface area contributed by atoms with E-state index in [1.807, 2.05) is 6.07 Å². The summed E-state index contributed by atoms with van der Waals surface area (Å²) in [6, 6.07) is 6.56. The van der Waals surface area contributed by atoms with Crippen LogP contribution < -0.4 is 5.32 Å². The Kier molecular flexibility index (Phi) is 4.47. The van der Waals surface area contributed by atoms with Gasteiger partial charge in [0.15, 0.2) is 0 Å². The van der Waals surface area contributed by atoms with Crippen molar-refractivity contribution < 1.29 is 0 Å². The van der Waals surface area contributed by atoms with Gasteiger partial charge in [-0.3, -0.25) is 4.90 Å². The first-order valence-corrected chi connectivity index (χ1v) is 8.63. The molecule has 2 fully saturated rings. The molecule has 3 heterocycles. The summed E-state index contributed by atoms with van der Waals surface area (Å²) in [5.41, 5.74) is 0. The van der Waals surface area contributed by atoms with Crippen molar-refractivity contribution >= 4 is 22.9 Å². The Bertz CT molecular complexity index is 406. The van der Waals surface area contributed by atoms with E-state index in [1.165, 1.54) is 43.5 Å². The molecular formula is C15H23ClN2S. The lowest BCUT2D eigenvalue weighted by molar-refractivity contribution is 0.0272. The fraction of sp³-hybridized carbons (Fsp3) is 0.733. The third-order valence-electron chi connectivity index (χ3n) is 4.78. The lowest BCUT2D eigenvalue weighted by Gasteiger charge is -2.49. The molecule has 2 saturated heterocycles. The molecule has 0 aromatic carbocycles. The van der Waals surface area contributed by atoms with Crippen LogP contribution in [0.15, 0.2) is 12.1 Å². The second kappa shape index (κ2) is 6.13. The summed E-state index contributed by atoms with van der Waals surface area (Å²) in [6.07, 6.45) is 8.03. The Hall–Kier alpha value is -0.0900. The summed E-state index contributed by atoms with van der Waals surface area (Å²) in [5, 5.41) is 3.49. The molecule has 2 unspecified atom stereocenters. The topological polar surface area (TPSA) is 15.3 Å². The van der Waals surface area contributed by atoms with Crippen LogP contribution in [0.25, 0.3) is 0 Å². The van der Waals surface area contributed by atoms with E-state index in [2.05, 4.69) is 23.3 Å². The molecular weight excluding hydrogens is 276 g/mol. The number of fused-ring (bicyclic) bond motifs is 2. The molecule has 2 atom stereocenters. The predicted molar refractivity (Wildman–Crippen MR) is 83.2 cm³/mol. The standard InChI is InChI=1S/C15H23ClN2S/c1-17-11-9-12-3-2-4-13(10-11)18(12)8-7-14-5-6-15(16)19-14/h5-6,11-13,17H,2-4,7-10H2,1H3. The van der Waals surface area contributed by atoms with Crippen molar-refractivity contribution in [1.82, 2.24) is 10.2 Å². The molecule has 2 aliphatic heterocycles.